The van der Waals surface area contributed by atoms with Crippen LogP contribution in [0.1, 0.15) is 24.6 Å². The summed E-state index contributed by atoms with van der Waals surface area (Å²) in [6, 6.07) is 9.72. The first-order chi connectivity index (χ1) is 9.65. The molecule has 0 saturated carbocycles. The summed E-state index contributed by atoms with van der Waals surface area (Å²) in [6.07, 6.45) is 0.842. The molecule has 2 heterocycles. The van der Waals surface area contributed by atoms with Gasteiger partial charge in [-0.05, 0) is 36.6 Å². The molecule has 6 heteroatoms. The van der Waals surface area contributed by atoms with Gasteiger partial charge in [0.2, 0.25) is 0 Å². The molecule has 1 atom stereocenters. The second-order valence-corrected chi connectivity index (χ2v) is 5.76. The fourth-order valence-electron chi connectivity index (χ4n) is 2.59. The van der Waals surface area contributed by atoms with Crippen LogP contribution >= 0.6 is 15.9 Å². The van der Waals surface area contributed by atoms with E-state index in [1.807, 2.05) is 30.3 Å². The number of carbonyl (C=O) groups is 1. The van der Waals surface area contributed by atoms with Gasteiger partial charge in [0.05, 0.1) is 17.4 Å². The Hall–Kier alpha value is -1.82. The monoisotopic (exact) mass is 335 g/mol. The Balaban J connectivity index is 1.86. The van der Waals surface area contributed by atoms with Crippen LogP contribution in [0.4, 0.5) is 4.79 Å². The van der Waals surface area contributed by atoms with Crippen LogP contribution in [0.5, 0.6) is 0 Å². The van der Waals surface area contributed by atoms with Crippen molar-refractivity contribution < 1.29 is 9.90 Å². The van der Waals surface area contributed by atoms with Gasteiger partial charge in [-0.2, -0.15) is 5.10 Å². The zero-order chi connectivity index (χ0) is 14.1. The van der Waals surface area contributed by atoms with Gasteiger partial charge in [0.15, 0.2) is 0 Å². The Morgan fingerprint density at radius 1 is 1.40 bits per heavy atom. The molecule has 1 fully saturated rings. The van der Waals surface area contributed by atoms with Crippen LogP contribution in [-0.2, 0) is 0 Å². The molecule has 1 saturated heterocycles. The van der Waals surface area contributed by atoms with Gasteiger partial charge in [-0.15, -0.1) is 0 Å². The fourth-order valence-corrected chi connectivity index (χ4v) is 2.85. The Morgan fingerprint density at radius 2 is 2.15 bits per heavy atom. The highest BCUT2D eigenvalue weighted by molar-refractivity contribution is 9.10. The first kappa shape index (κ1) is 13.2. The molecule has 1 amide bonds. The molecule has 0 radical (unpaired) electrons. The molecule has 3 rings (SSSR count). The molecule has 1 unspecified atom stereocenters. The molecule has 1 aromatic carbocycles. The highest BCUT2D eigenvalue weighted by Gasteiger charge is 2.31. The van der Waals surface area contributed by atoms with Gasteiger partial charge >= 0.3 is 6.09 Å². The van der Waals surface area contributed by atoms with E-state index < -0.39 is 6.09 Å². The van der Waals surface area contributed by atoms with Crippen LogP contribution < -0.4 is 0 Å². The molecule has 0 spiro atoms. The lowest BCUT2D eigenvalue weighted by atomic mass is 10.1. The smallest absolute Gasteiger partial charge is 0.407 e. The lowest BCUT2D eigenvalue weighted by molar-refractivity contribution is 0.139. The van der Waals surface area contributed by atoms with Gasteiger partial charge in [0.25, 0.3) is 0 Å². The van der Waals surface area contributed by atoms with E-state index in [0.717, 1.165) is 34.3 Å². The predicted molar refractivity (Wildman–Crippen MR) is 78.4 cm³/mol. The number of hydrogen-bond donors (Lipinski definition) is 2. The second-order valence-electron chi connectivity index (χ2n) is 4.85. The molecule has 2 aromatic rings. The minimum absolute atomic E-state index is 0.132. The van der Waals surface area contributed by atoms with Crippen molar-refractivity contribution in [3.05, 3.63) is 40.5 Å². The van der Waals surface area contributed by atoms with E-state index in [1.54, 1.807) is 0 Å². The summed E-state index contributed by atoms with van der Waals surface area (Å²) in [7, 11) is 0. The maximum atomic E-state index is 11.2. The predicted octanol–water partition coefficient (Wildman–Crippen LogP) is 3.65. The lowest BCUT2D eigenvalue weighted by Gasteiger charge is -2.19. The number of nitrogens with zero attached hydrogens (tertiary/aromatic N) is 2. The Bertz CT molecular complexity index is 624. The maximum absolute atomic E-state index is 11.2. The van der Waals surface area contributed by atoms with Crippen LogP contribution in [0.15, 0.2) is 34.8 Å². The number of halogens is 1. The molecule has 2 N–H and O–H groups in total. The van der Waals surface area contributed by atoms with Crippen molar-refractivity contribution in [2.45, 2.75) is 18.9 Å². The lowest BCUT2D eigenvalue weighted by Crippen LogP contribution is -2.28. The molecule has 104 valence electrons. The summed E-state index contributed by atoms with van der Waals surface area (Å²) < 4.78 is 1.02. The Labute approximate surface area is 124 Å². The van der Waals surface area contributed by atoms with Crippen molar-refractivity contribution in [1.82, 2.24) is 15.1 Å². The summed E-state index contributed by atoms with van der Waals surface area (Å²) in [5.74, 6) is 0. The molecule has 0 aliphatic carbocycles. The molecule has 0 bridgehead atoms. The van der Waals surface area contributed by atoms with Crippen LogP contribution in [0.3, 0.4) is 0 Å². The van der Waals surface area contributed by atoms with E-state index in [2.05, 4.69) is 26.1 Å². The summed E-state index contributed by atoms with van der Waals surface area (Å²) in [5.41, 5.74) is 2.74. The van der Waals surface area contributed by atoms with Gasteiger partial charge in [0, 0.05) is 11.0 Å². The maximum Gasteiger partial charge on any atom is 0.407 e. The van der Waals surface area contributed by atoms with E-state index in [0.29, 0.717) is 6.54 Å². The number of rotatable bonds is 2. The normalized spacial score (nSPS) is 18.4. The standard InChI is InChI=1S/C14H14BrN3O2/c15-10-5-3-9(4-6-10)11-8-12(17-16-11)13-2-1-7-18(13)14(19)20/h3-6,8,13H,1-2,7H2,(H,16,17)(H,19,20). The molecule has 5 nitrogen and oxygen atoms in total. The van der Waals surface area contributed by atoms with Crippen molar-refractivity contribution in [3.8, 4) is 11.3 Å². The molecule has 1 aliphatic heterocycles. The molecular formula is C14H14BrN3O2. The van der Waals surface area contributed by atoms with Crippen LogP contribution in [0, 0.1) is 0 Å². The summed E-state index contributed by atoms with van der Waals surface area (Å²) in [5, 5.41) is 16.5. The number of aromatic nitrogens is 2. The Kier molecular flexibility index (Phi) is 3.48. The van der Waals surface area contributed by atoms with Gasteiger partial charge < -0.3 is 5.11 Å². The van der Waals surface area contributed by atoms with Crippen molar-refractivity contribution in [2.75, 3.05) is 6.54 Å². The number of benzene rings is 1. The number of nitrogens with one attached hydrogen (secondary N) is 1. The zero-order valence-corrected chi connectivity index (χ0v) is 12.3. The van der Waals surface area contributed by atoms with Crippen molar-refractivity contribution in [2.24, 2.45) is 0 Å². The highest BCUT2D eigenvalue weighted by atomic mass is 79.9. The summed E-state index contributed by atoms with van der Waals surface area (Å²) >= 11 is 3.40. The molecule has 20 heavy (non-hydrogen) atoms. The summed E-state index contributed by atoms with van der Waals surface area (Å²) in [4.78, 5) is 12.6. The average molecular weight is 336 g/mol. The van der Waals surface area contributed by atoms with Crippen molar-refractivity contribution in [3.63, 3.8) is 0 Å². The van der Waals surface area contributed by atoms with Gasteiger partial charge in [-0.1, -0.05) is 28.1 Å². The minimum Gasteiger partial charge on any atom is -0.465 e. The largest absolute Gasteiger partial charge is 0.465 e. The van der Waals surface area contributed by atoms with Crippen LogP contribution in [0.25, 0.3) is 11.3 Å². The zero-order valence-electron chi connectivity index (χ0n) is 10.7. The summed E-state index contributed by atoms with van der Waals surface area (Å²) in [6.45, 7) is 0.584. The molecular weight excluding hydrogens is 322 g/mol. The average Bonchev–Trinajstić information content (AvgIpc) is 3.08. The highest BCUT2D eigenvalue weighted by Crippen LogP contribution is 2.32. The van der Waals surface area contributed by atoms with Gasteiger partial charge in [0.1, 0.15) is 0 Å². The van der Waals surface area contributed by atoms with Crippen LogP contribution in [0.2, 0.25) is 0 Å². The number of carboxylic acid groups (broad SMARTS) is 1. The number of hydrogen-bond acceptors (Lipinski definition) is 2. The minimum atomic E-state index is -0.874. The van der Waals surface area contributed by atoms with Crippen molar-refractivity contribution >= 4 is 22.0 Å². The van der Waals surface area contributed by atoms with Crippen LogP contribution in [-0.4, -0.2) is 32.8 Å². The molecule has 1 aromatic heterocycles. The Morgan fingerprint density at radius 3 is 2.85 bits per heavy atom. The number of H-pyrrole nitrogens is 1. The number of likely N-dealkylation sites (tertiary alicyclic amines) is 1. The fraction of sp³-hybridized carbons (Fsp3) is 0.286. The van der Waals surface area contributed by atoms with Gasteiger partial charge in [-0.25, -0.2) is 4.79 Å². The first-order valence-electron chi connectivity index (χ1n) is 6.46. The quantitative estimate of drug-likeness (QED) is 0.879. The topological polar surface area (TPSA) is 69.2 Å². The first-order valence-corrected chi connectivity index (χ1v) is 7.25. The SMILES string of the molecule is O=C(O)N1CCCC1c1cc(-c2ccc(Br)cc2)[nH]n1. The van der Waals surface area contributed by atoms with E-state index in [1.165, 1.54) is 4.90 Å². The van der Waals surface area contributed by atoms with E-state index >= 15 is 0 Å². The van der Waals surface area contributed by atoms with E-state index in [4.69, 9.17) is 0 Å². The number of aromatic amines is 1. The van der Waals surface area contributed by atoms with Crippen molar-refractivity contribution in [1.29, 1.82) is 0 Å². The third kappa shape index (κ3) is 2.43. The second kappa shape index (κ2) is 5.28. The molecule has 1 aliphatic rings. The third-order valence-corrected chi connectivity index (χ3v) is 4.12. The third-order valence-electron chi connectivity index (χ3n) is 3.59. The van der Waals surface area contributed by atoms with E-state index in [9.17, 15) is 9.90 Å². The van der Waals surface area contributed by atoms with E-state index in [-0.39, 0.29) is 6.04 Å². The number of amides is 1. The van der Waals surface area contributed by atoms with Gasteiger partial charge in [-0.3, -0.25) is 10.00 Å².